The van der Waals surface area contributed by atoms with Crippen molar-refractivity contribution < 1.29 is 14.7 Å². The van der Waals surface area contributed by atoms with Crippen molar-refractivity contribution in [2.24, 2.45) is 11.3 Å². The summed E-state index contributed by atoms with van der Waals surface area (Å²) in [5.74, 6) is -0.324. The Morgan fingerprint density at radius 2 is 2.07 bits per heavy atom. The number of carbonyl (C=O) groups is 2. The number of rotatable bonds is 6. The summed E-state index contributed by atoms with van der Waals surface area (Å²) in [5, 5.41) is 9.79. The number of amides is 1. The van der Waals surface area contributed by atoms with E-state index < -0.39 is 5.97 Å². The highest BCUT2D eigenvalue weighted by Gasteiger charge is 2.45. The minimum absolute atomic E-state index is 0.00230. The predicted octanol–water partition coefficient (Wildman–Crippen LogP) is 5.97. The molecule has 2 atom stereocenters. The minimum Gasteiger partial charge on any atom is -0.481 e. The van der Waals surface area contributed by atoms with Crippen LogP contribution in [0.15, 0.2) is 30.0 Å². The van der Waals surface area contributed by atoms with Crippen LogP contribution in [0.4, 0.5) is 0 Å². The highest BCUT2D eigenvalue weighted by molar-refractivity contribution is 6.31. The van der Waals surface area contributed by atoms with Gasteiger partial charge in [-0.05, 0) is 66.2 Å². The Bertz CT molecular complexity index is 854. The normalized spacial score (nSPS) is 24.4. The van der Waals surface area contributed by atoms with Crippen LogP contribution in [0, 0.1) is 11.3 Å². The maximum absolute atomic E-state index is 12.9. The van der Waals surface area contributed by atoms with Crippen LogP contribution < -0.4 is 0 Å². The van der Waals surface area contributed by atoms with E-state index in [0.717, 1.165) is 48.3 Å². The summed E-state index contributed by atoms with van der Waals surface area (Å²) >= 11 is 6.70. The molecule has 1 amide bonds. The Kier molecular flexibility index (Phi) is 6.66. The van der Waals surface area contributed by atoms with E-state index in [1.165, 1.54) is 5.57 Å². The van der Waals surface area contributed by atoms with Crippen molar-refractivity contribution in [1.82, 2.24) is 4.90 Å². The second-order valence-corrected chi connectivity index (χ2v) is 10.8. The van der Waals surface area contributed by atoms with Crippen molar-refractivity contribution >= 4 is 23.5 Å². The zero-order chi connectivity index (χ0) is 22.1. The number of aryl methyl sites for hydroxylation is 1. The van der Waals surface area contributed by atoms with Crippen LogP contribution in [0.25, 0.3) is 0 Å². The molecular formula is C25H34ClNO3. The average Bonchev–Trinajstić information content (AvgIpc) is 2.65. The van der Waals surface area contributed by atoms with E-state index in [0.29, 0.717) is 12.3 Å². The van der Waals surface area contributed by atoms with Gasteiger partial charge in [0.25, 0.3) is 0 Å². The summed E-state index contributed by atoms with van der Waals surface area (Å²) in [4.78, 5) is 25.5. The van der Waals surface area contributed by atoms with E-state index in [1.807, 2.05) is 6.20 Å². The number of fused-ring (bicyclic) bond motifs is 1. The van der Waals surface area contributed by atoms with Crippen LogP contribution in [0.3, 0.4) is 0 Å². The van der Waals surface area contributed by atoms with Gasteiger partial charge in [0.15, 0.2) is 0 Å². The van der Waals surface area contributed by atoms with Crippen molar-refractivity contribution in [3.05, 3.63) is 46.1 Å². The zero-order valence-corrected chi connectivity index (χ0v) is 19.4. The fourth-order valence-corrected chi connectivity index (χ4v) is 4.99. The van der Waals surface area contributed by atoms with Crippen LogP contribution in [-0.4, -0.2) is 28.4 Å². The lowest BCUT2D eigenvalue weighted by molar-refractivity contribution is -0.138. The maximum Gasteiger partial charge on any atom is 0.305 e. The molecule has 1 unspecified atom stereocenters. The molecular weight excluding hydrogens is 398 g/mol. The van der Waals surface area contributed by atoms with Crippen molar-refractivity contribution in [2.45, 2.75) is 78.1 Å². The van der Waals surface area contributed by atoms with E-state index in [1.54, 1.807) is 4.90 Å². The summed E-state index contributed by atoms with van der Waals surface area (Å²) in [6.07, 6.45) is 7.23. The molecule has 0 saturated heterocycles. The fourth-order valence-electron chi connectivity index (χ4n) is 4.72. The van der Waals surface area contributed by atoms with Crippen LogP contribution in [-0.2, 0) is 21.4 Å². The van der Waals surface area contributed by atoms with E-state index in [-0.39, 0.29) is 29.7 Å². The lowest BCUT2D eigenvalue weighted by Gasteiger charge is -2.46. The van der Waals surface area contributed by atoms with Crippen molar-refractivity contribution in [3.8, 4) is 0 Å². The molecule has 0 aromatic heterocycles. The number of hydrogen-bond donors (Lipinski definition) is 1. The van der Waals surface area contributed by atoms with Gasteiger partial charge in [0, 0.05) is 29.6 Å². The van der Waals surface area contributed by atoms with Gasteiger partial charge in [-0.25, -0.2) is 0 Å². The highest BCUT2D eigenvalue weighted by Crippen LogP contribution is 2.50. The molecule has 1 aromatic rings. The van der Waals surface area contributed by atoms with E-state index >= 15 is 0 Å². The monoisotopic (exact) mass is 431 g/mol. The number of carboxylic acid groups (broad SMARTS) is 1. The summed E-state index contributed by atoms with van der Waals surface area (Å²) in [7, 11) is 0. The second kappa shape index (κ2) is 8.74. The van der Waals surface area contributed by atoms with Crippen LogP contribution >= 0.6 is 11.6 Å². The van der Waals surface area contributed by atoms with Crippen LogP contribution in [0.1, 0.15) is 77.3 Å². The van der Waals surface area contributed by atoms with Gasteiger partial charge in [-0.3, -0.25) is 9.59 Å². The molecule has 1 N–H and O–H groups in total. The SMILES string of the molecule is CC1CC[C@@]2(c3ccc(CCC(C)(C)C)c(Cl)c3)CC(=O)N(CCC(=O)O)C=C2C1. The van der Waals surface area contributed by atoms with Gasteiger partial charge in [-0.2, -0.15) is 0 Å². The molecule has 1 heterocycles. The first-order valence-electron chi connectivity index (χ1n) is 11.0. The lowest BCUT2D eigenvalue weighted by atomic mass is 9.61. The Balaban J connectivity index is 1.92. The number of nitrogens with zero attached hydrogens (tertiary/aromatic N) is 1. The summed E-state index contributed by atoms with van der Waals surface area (Å²) in [6.45, 7) is 9.18. The molecule has 1 aliphatic carbocycles. The largest absolute Gasteiger partial charge is 0.481 e. The first kappa shape index (κ1) is 22.9. The predicted molar refractivity (Wildman–Crippen MR) is 121 cm³/mol. The smallest absolute Gasteiger partial charge is 0.305 e. The number of hydrogen-bond acceptors (Lipinski definition) is 2. The van der Waals surface area contributed by atoms with Gasteiger partial charge in [0.2, 0.25) is 5.91 Å². The number of aliphatic carboxylic acids is 1. The first-order valence-corrected chi connectivity index (χ1v) is 11.4. The third-order valence-corrected chi connectivity index (χ3v) is 7.00. The van der Waals surface area contributed by atoms with Crippen molar-refractivity contribution in [2.75, 3.05) is 6.54 Å². The Labute approximate surface area is 185 Å². The molecule has 164 valence electrons. The number of carboxylic acids is 1. The van der Waals surface area contributed by atoms with Gasteiger partial charge < -0.3 is 10.0 Å². The average molecular weight is 432 g/mol. The number of allylic oxidation sites excluding steroid dienone is 1. The molecule has 4 nitrogen and oxygen atoms in total. The number of benzene rings is 1. The third-order valence-electron chi connectivity index (χ3n) is 6.65. The molecule has 2 aliphatic rings. The number of carbonyl (C=O) groups excluding carboxylic acids is 1. The highest BCUT2D eigenvalue weighted by atomic mass is 35.5. The molecule has 0 spiro atoms. The Morgan fingerprint density at radius 3 is 2.70 bits per heavy atom. The Hall–Kier alpha value is -1.81. The topological polar surface area (TPSA) is 57.6 Å². The van der Waals surface area contributed by atoms with Crippen LogP contribution in [0.5, 0.6) is 0 Å². The van der Waals surface area contributed by atoms with Gasteiger partial charge in [0.05, 0.1) is 6.42 Å². The molecule has 30 heavy (non-hydrogen) atoms. The molecule has 5 heteroatoms. The van der Waals surface area contributed by atoms with Gasteiger partial charge in [0.1, 0.15) is 0 Å². The number of halogens is 1. The zero-order valence-electron chi connectivity index (χ0n) is 18.6. The quantitative estimate of drug-likeness (QED) is 0.603. The van der Waals surface area contributed by atoms with Crippen LogP contribution in [0.2, 0.25) is 5.02 Å². The molecule has 1 fully saturated rings. The third kappa shape index (κ3) is 5.08. The molecule has 0 radical (unpaired) electrons. The maximum atomic E-state index is 12.9. The summed E-state index contributed by atoms with van der Waals surface area (Å²) < 4.78 is 0. The molecule has 3 rings (SSSR count). The van der Waals surface area contributed by atoms with Gasteiger partial charge in [-0.1, -0.05) is 51.4 Å². The summed E-state index contributed by atoms with van der Waals surface area (Å²) in [5.41, 5.74) is 3.47. The standard InChI is InChI=1S/C25H34ClNO3/c1-17-7-11-25(15-22(28)27(12-9-23(29)30)16-20(25)13-17)19-6-5-18(21(26)14-19)8-10-24(2,3)4/h5-6,14,16-17H,7-13,15H2,1-4H3,(H,29,30)/t17?,25-/m0/s1. The van der Waals surface area contributed by atoms with Gasteiger partial charge >= 0.3 is 5.97 Å². The van der Waals surface area contributed by atoms with E-state index in [4.69, 9.17) is 16.7 Å². The van der Waals surface area contributed by atoms with Crippen molar-refractivity contribution in [1.29, 1.82) is 0 Å². The Morgan fingerprint density at radius 1 is 1.33 bits per heavy atom. The first-order chi connectivity index (χ1) is 14.0. The molecule has 0 bridgehead atoms. The molecule has 1 saturated carbocycles. The minimum atomic E-state index is -0.882. The van der Waals surface area contributed by atoms with E-state index in [2.05, 4.69) is 45.9 Å². The fraction of sp³-hybridized carbons (Fsp3) is 0.600. The second-order valence-electron chi connectivity index (χ2n) is 10.4. The molecule has 1 aromatic carbocycles. The lowest BCUT2D eigenvalue weighted by Crippen LogP contribution is -2.45. The molecule has 1 aliphatic heterocycles. The van der Waals surface area contributed by atoms with Gasteiger partial charge in [-0.15, -0.1) is 0 Å². The van der Waals surface area contributed by atoms with E-state index in [9.17, 15) is 9.59 Å². The van der Waals surface area contributed by atoms with Crippen molar-refractivity contribution in [3.63, 3.8) is 0 Å². The summed E-state index contributed by atoms with van der Waals surface area (Å²) in [6, 6.07) is 6.37.